The fraction of sp³-hybridized carbons (Fsp3) is 0.714. The Bertz CT molecular complexity index is 401. The first-order valence-electron chi connectivity index (χ1n) is 6.72. The van der Waals surface area contributed by atoms with E-state index in [0.717, 1.165) is 6.42 Å². The van der Waals surface area contributed by atoms with Gasteiger partial charge in [-0.15, -0.1) is 0 Å². The molecule has 1 saturated heterocycles. The van der Waals surface area contributed by atoms with E-state index in [9.17, 15) is 14.7 Å². The first-order valence-corrected chi connectivity index (χ1v) is 6.72. The Hall–Kier alpha value is -1.16. The monoisotopic (exact) mass is 249 g/mol. The summed E-state index contributed by atoms with van der Waals surface area (Å²) < 4.78 is 0. The zero-order valence-corrected chi connectivity index (χ0v) is 10.7. The molecule has 4 nitrogen and oxygen atoms in total. The van der Waals surface area contributed by atoms with Crippen molar-refractivity contribution in [2.24, 2.45) is 29.6 Å². The van der Waals surface area contributed by atoms with E-state index in [2.05, 4.69) is 12.2 Å². The molecule has 4 heteroatoms. The number of nitrogens with zero attached hydrogens (tertiary/aromatic N) is 1. The van der Waals surface area contributed by atoms with Gasteiger partial charge in [0.25, 0.3) is 0 Å². The minimum atomic E-state index is -0.208. The highest BCUT2D eigenvalue weighted by molar-refractivity contribution is 6.06. The molecule has 2 amide bonds. The Labute approximate surface area is 107 Å². The van der Waals surface area contributed by atoms with Crippen LogP contribution in [0.4, 0.5) is 0 Å². The van der Waals surface area contributed by atoms with E-state index in [1.165, 1.54) is 4.90 Å². The molecule has 98 valence electrons. The van der Waals surface area contributed by atoms with Crippen molar-refractivity contribution in [2.75, 3.05) is 6.61 Å². The van der Waals surface area contributed by atoms with Gasteiger partial charge >= 0.3 is 0 Å². The molecular formula is C14H19NO3. The van der Waals surface area contributed by atoms with Gasteiger partial charge in [0.05, 0.1) is 11.8 Å². The van der Waals surface area contributed by atoms with E-state index >= 15 is 0 Å². The third-order valence-corrected chi connectivity index (χ3v) is 5.02. The maximum absolute atomic E-state index is 12.4. The summed E-state index contributed by atoms with van der Waals surface area (Å²) in [7, 11) is 0. The van der Waals surface area contributed by atoms with Gasteiger partial charge in [-0.1, -0.05) is 19.1 Å². The number of hydrogen-bond acceptors (Lipinski definition) is 3. The van der Waals surface area contributed by atoms with Crippen LogP contribution in [0.1, 0.15) is 20.3 Å². The molecule has 6 unspecified atom stereocenters. The topological polar surface area (TPSA) is 57.6 Å². The summed E-state index contributed by atoms with van der Waals surface area (Å²) in [5.41, 5.74) is 0. The highest BCUT2D eigenvalue weighted by Gasteiger charge is 2.60. The van der Waals surface area contributed by atoms with Gasteiger partial charge < -0.3 is 5.11 Å². The van der Waals surface area contributed by atoms with Gasteiger partial charge in [0.2, 0.25) is 11.8 Å². The summed E-state index contributed by atoms with van der Waals surface area (Å²) in [6.45, 7) is 3.72. The third kappa shape index (κ3) is 1.35. The van der Waals surface area contributed by atoms with Crippen LogP contribution in [-0.4, -0.2) is 34.5 Å². The van der Waals surface area contributed by atoms with Gasteiger partial charge in [-0.2, -0.15) is 0 Å². The van der Waals surface area contributed by atoms with Crippen LogP contribution in [0.2, 0.25) is 0 Å². The zero-order valence-electron chi connectivity index (χ0n) is 10.7. The average molecular weight is 249 g/mol. The first kappa shape index (κ1) is 11.9. The van der Waals surface area contributed by atoms with Crippen LogP contribution in [0.3, 0.4) is 0 Å². The lowest BCUT2D eigenvalue weighted by molar-refractivity contribution is -0.144. The number of allylic oxidation sites excluding steroid dienone is 2. The number of aliphatic hydroxyl groups excluding tert-OH is 1. The molecule has 2 bridgehead atoms. The van der Waals surface area contributed by atoms with Gasteiger partial charge in [-0.3, -0.25) is 14.5 Å². The number of carbonyl (C=O) groups excluding carboxylic acids is 2. The molecule has 2 fully saturated rings. The van der Waals surface area contributed by atoms with Crippen LogP contribution in [0.15, 0.2) is 12.2 Å². The highest BCUT2D eigenvalue weighted by atomic mass is 16.3. The summed E-state index contributed by atoms with van der Waals surface area (Å²) in [6.07, 6.45) is 5.16. The highest BCUT2D eigenvalue weighted by Crippen LogP contribution is 2.53. The minimum absolute atomic E-state index is 0.00132. The van der Waals surface area contributed by atoms with Crippen molar-refractivity contribution in [1.29, 1.82) is 0 Å². The number of carbonyl (C=O) groups is 2. The normalized spacial score (nSPS) is 40.5. The van der Waals surface area contributed by atoms with E-state index < -0.39 is 0 Å². The van der Waals surface area contributed by atoms with Gasteiger partial charge in [-0.05, 0) is 31.1 Å². The van der Waals surface area contributed by atoms with Crippen LogP contribution < -0.4 is 0 Å². The summed E-state index contributed by atoms with van der Waals surface area (Å²) in [5, 5.41) is 9.20. The second-order valence-electron chi connectivity index (χ2n) is 5.95. The van der Waals surface area contributed by atoms with Crippen molar-refractivity contribution >= 4 is 11.8 Å². The second-order valence-corrected chi connectivity index (χ2v) is 5.95. The van der Waals surface area contributed by atoms with Crippen LogP contribution in [0.5, 0.6) is 0 Å². The molecule has 6 atom stereocenters. The lowest BCUT2D eigenvalue weighted by Crippen LogP contribution is -2.44. The fourth-order valence-electron chi connectivity index (χ4n) is 3.73. The van der Waals surface area contributed by atoms with Crippen molar-refractivity contribution in [2.45, 2.75) is 26.3 Å². The number of rotatable bonds is 3. The Morgan fingerprint density at radius 1 is 1.22 bits per heavy atom. The molecule has 0 aromatic carbocycles. The molecule has 2 aliphatic carbocycles. The molecule has 3 aliphatic rings. The predicted octanol–water partition coefficient (Wildman–Crippen LogP) is 0.810. The number of amides is 2. The van der Waals surface area contributed by atoms with Gasteiger partial charge in [0.1, 0.15) is 0 Å². The van der Waals surface area contributed by atoms with E-state index in [0.29, 0.717) is 0 Å². The Morgan fingerprint density at radius 2 is 1.72 bits per heavy atom. The number of aliphatic hydroxyl groups is 1. The van der Waals surface area contributed by atoms with Crippen LogP contribution in [-0.2, 0) is 9.59 Å². The largest absolute Gasteiger partial charge is 0.396 e. The van der Waals surface area contributed by atoms with Gasteiger partial charge in [0, 0.05) is 12.6 Å². The molecular weight excluding hydrogens is 230 g/mol. The molecule has 1 heterocycles. The Kier molecular flexibility index (Phi) is 2.59. The molecule has 0 spiro atoms. The summed E-state index contributed by atoms with van der Waals surface area (Å²) in [5.74, 6) is 0.171. The molecule has 0 aromatic rings. The third-order valence-electron chi connectivity index (χ3n) is 5.02. The summed E-state index contributed by atoms with van der Waals surface area (Å²) in [6, 6.07) is -0.208. The maximum Gasteiger partial charge on any atom is 0.233 e. The lowest BCUT2D eigenvalue weighted by atomic mass is 9.85. The van der Waals surface area contributed by atoms with Gasteiger partial charge in [0.15, 0.2) is 0 Å². The molecule has 0 radical (unpaired) electrons. The van der Waals surface area contributed by atoms with E-state index in [1.807, 2.05) is 13.8 Å². The van der Waals surface area contributed by atoms with Crippen LogP contribution in [0.25, 0.3) is 0 Å². The lowest BCUT2D eigenvalue weighted by Gasteiger charge is -2.28. The molecule has 0 aromatic heterocycles. The SMILES string of the molecule is CC(CO)C(C)N1C(=O)C2C3C=CC(C3)C2C1=O. The smallest absolute Gasteiger partial charge is 0.233 e. The quantitative estimate of drug-likeness (QED) is 0.595. The van der Waals surface area contributed by atoms with Crippen LogP contribution >= 0.6 is 0 Å². The zero-order chi connectivity index (χ0) is 13.0. The Morgan fingerprint density at radius 3 is 2.17 bits per heavy atom. The molecule has 18 heavy (non-hydrogen) atoms. The number of hydrogen-bond donors (Lipinski definition) is 1. The van der Waals surface area contributed by atoms with E-state index in [4.69, 9.17) is 0 Å². The second kappa shape index (κ2) is 3.92. The fourth-order valence-corrected chi connectivity index (χ4v) is 3.73. The standard InChI is InChI=1S/C14H19NO3/c1-7(6-16)8(2)15-13(17)11-9-3-4-10(5-9)12(11)14(15)18/h3-4,7-12,16H,5-6H2,1-2H3. The Balaban J connectivity index is 1.88. The van der Waals surface area contributed by atoms with Crippen molar-refractivity contribution < 1.29 is 14.7 Å². The molecule has 3 rings (SSSR count). The first-order chi connectivity index (χ1) is 8.56. The molecule has 1 N–H and O–H groups in total. The number of likely N-dealkylation sites (tertiary alicyclic amines) is 1. The summed E-state index contributed by atoms with van der Waals surface area (Å²) in [4.78, 5) is 26.3. The van der Waals surface area contributed by atoms with Crippen LogP contribution in [0, 0.1) is 29.6 Å². The average Bonchev–Trinajstić information content (AvgIpc) is 3.02. The maximum atomic E-state index is 12.4. The van der Waals surface area contributed by atoms with Crippen molar-refractivity contribution in [3.63, 3.8) is 0 Å². The van der Waals surface area contributed by atoms with Crippen molar-refractivity contribution in [1.82, 2.24) is 4.90 Å². The van der Waals surface area contributed by atoms with Crippen molar-refractivity contribution in [3.8, 4) is 0 Å². The van der Waals surface area contributed by atoms with Crippen molar-refractivity contribution in [3.05, 3.63) is 12.2 Å². The predicted molar refractivity (Wildman–Crippen MR) is 65.3 cm³/mol. The molecule has 1 aliphatic heterocycles. The number of imide groups is 1. The van der Waals surface area contributed by atoms with E-state index in [1.54, 1.807) is 0 Å². The summed E-state index contributed by atoms with van der Waals surface area (Å²) >= 11 is 0. The van der Waals surface area contributed by atoms with E-state index in [-0.39, 0.29) is 54.1 Å². The van der Waals surface area contributed by atoms with Gasteiger partial charge in [-0.25, -0.2) is 0 Å². The minimum Gasteiger partial charge on any atom is -0.396 e. The molecule has 1 saturated carbocycles. The number of fused-ring (bicyclic) bond motifs is 5.